The molecule has 0 heterocycles. The predicted molar refractivity (Wildman–Crippen MR) is 111 cm³/mol. The molecule has 0 bridgehead atoms. The molecule has 0 aliphatic carbocycles. The summed E-state index contributed by atoms with van der Waals surface area (Å²) in [6.45, 7) is 8.45. The number of hydrogen-bond acceptors (Lipinski definition) is 2. The van der Waals surface area contributed by atoms with E-state index in [0.29, 0.717) is 13.0 Å². The maximum atomic E-state index is 15.2. The number of unbranched alkanes of at least 4 members (excludes halogenated alkanes) is 3. The van der Waals surface area contributed by atoms with Crippen LogP contribution in [0.2, 0.25) is 13.3 Å². The van der Waals surface area contributed by atoms with Crippen molar-refractivity contribution in [3.05, 3.63) is 29.6 Å². The molecule has 1 rings (SSSR count). The van der Waals surface area contributed by atoms with Gasteiger partial charge in [0, 0.05) is 0 Å². The molecule has 0 saturated carbocycles. The van der Waals surface area contributed by atoms with Crippen LogP contribution in [-0.2, 0) is 16.0 Å². The third kappa shape index (κ3) is 7.57. The second-order valence-corrected chi connectivity index (χ2v) is 20.6. The van der Waals surface area contributed by atoms with Crippen LogP contribution < -0.4 is 3.58 Å². The Morgan fingerprint density at radius 3 is 1.96 bits per heavy atom. The van der Waals surface area contributed by atoms with Crippen LogP contribution >= 0.6 is 0 Å². The van der Waals surface area contributed by atoms with Crippen LogP contribution in [0.3, 0.4) is 0 Å². The fourth-order valence-corrected chi connectivity index (χ4v) is 19.9. The zero-order valence-electron chi connectivity index (χ0n) is 17.2. The molecule has 0 spiro atoms. The van der Waals surface area contributed by atoms with E-state index in [2.05, 4.69) is 32.9 Å². The zero-order valence-corrected chi connectivity index (χ0v) is 20.1. The van der Waals surface area contributed by atoms with Gasteiger partial charge in [0.15, 0.2) is 0 Å². The number of carbonyl (C=O) groups is 1. The monoisotopic (exact) mass is 472 g/mol. The summed E-state index contributed by atoms with van der Waals surface area (Å²) in [6.07, 6.45) is 7.86. The first-order valence-corrected chi connectivity index (χ1v) is 17.9. The van der Waals surface area contributed by atoms with Gasteiger partial charge in [-0.15, -0.1) is 0 Å². The SMILES string of the molecule is CCC[CH2][Sn]([CH2]CCC)([CH2]CCC)[c]1ccc(CCOC(C)=O)cc1F. The quantitative estimate of drug-likeness (QED) is 0.261. The number of carbonyl (C=O) groups excluding carboxylic acids is 1. The first kappa shape index (κ1) is 23.5. The molecule has 0 unspecified atom stereocenters. The number of rotatable bonds is 13. The average Bonchev–Trinajstić information content (AvgIpc) is 2.61. The summed E-state index contributed by atoms with van der Waals surface area (Å²) in [6, 6.07) is 5.86. The molecular formula is C22H37FO2Sn. The van der Waals surface area contributed by atoms with E-state index < -0.39 is 18.4 Å². The number of benzene rings is 1. The fraction of sp³-hybridized carbons (Fsp3) is 0.682. The number of ether oxygens (including phenoxy) is 1. The molecule has 0 fully saturated rings. The van der Waals surface area contributed by atoms with Crippen molar-refractivity contribution in [3.63, 3.8) is 0 Å². The normalized spacial score (nSPS) is 11.6. The van der Waals surface area contributed by atoms with E-state index in [-0.39, 0.29) is 11.8 Å². The second-order valence-electron chi connectivity index (χ2n) is 7.50. The first-order valence-electron chi connectivity index (χ1n) is 10.4. The Morgan fingerprint density at radius 2 is 1.54 bits per heavy atom. The summed E-state index contributed by atoms with van der Waals surface area (Å²) in [4.78, 5) is 10.9. The molecule has 4 heteroatoms. The molecular weight excluding hydrogens is 434 g/mol. The van der Waals surface area contributed by atoms with Crippen molar-refractivity contribution >= 4 is 27.9 Å². The minimum atomic E-state index is -2.72. The molecule has 26 heavy (non-hydrogen) atoms. The van der Waals surface area contributed by atoms with Gasteiger partial charge in [-0.3, -0.25) is 0 Å². The molecule has 1 aromatic carbocycles. The van der Waals surface area contributed by atoms with Crippen molar-refractivity contribution in [2.75, 3.05) is 6.61 Å². The van der Waals surface area contributed by atoms with Gasteiger partial charge in [0.1, 0.15) is 0 Å². The molecule has 0 aliphatic rings. The number of esters is 1. The van der Waals surface area contributed by atoms with Crippen LogP contribution in [0.1, 0.15) is 71.8 Å². The summed E-state index contributed by atoms with van der Waals surface area (Å²) in [7, 11) is 0. The van der Waals surface area contributed by atoms with E-state index in [9.17, 15) is 4.79 Å². The maximum absolute atomic E-state index is 15.2. The molecule has 0 amide bonds. The van der Waals surface area contributed by atoms with Crippen molar-refractivity contribution in [1.29, 1.82) is 0 Å². The Labute approximate surface area is 163 Å². The van der Waals surface area contributed by atoms with Crippen molar-refractivity contribution in [3.8, 4) is 0 Å². The van der Waals surface area contributed by atoms with Gasteiger partial charge in [-0.25, -0.2) is 0 Å². The molecule has 0 radical (unpaired) electrons. The van der Waals surface area contributed by atoms with Crippen LogP contribution in [0.5, 0.6) is 0 Å². The summed E-state index contributed by atoms with van der Waals surface area (Å²) in [5, 5.41) is 0. The van der Waals surface area contributed by atoms with Gasteiger partial charge in [-0.05, 0) is 0 Å². The predicted octanol–water partition coefficient (Wildman–Crippen LogP) is 5.99. The minimum absolute atomic E-state index is 0.00411. The van der Waals surface area contributed by atoms with E-state index in [0.717, 1.165) is 9.14 Å². The molecule has 0 saturated heterocycles. The van der Waals surface area contributed by atoms with Gasteiger partial charge in [0.05, 0.1) is 0 Å². The number of halogens is 1. The Morgan fingerprint density at radius 1 is 1.00 bits per heavy atom. The van der Waals surface area contributed by atoms with Gasteiger partial charge in [-0.2, -0.15) is 0 Å². The van der Waals surface area contributed by atoms with E-state index in [1.807, 2.05) is 0 Å². The van der Waals surface area contributed by atoms with Gasteiger partial charge in [0.25, 0.3) is 0 Å². The Hall–Kier alpha value is -0.581. The van der Waals surface area contributed by atoms with Crippen LogP contribution in [0.25, 0.3) is 0 Å². The summed E-state index contributed by atoms with van der Waals surface area (Å²) in [5.74, 6) is -0.277. The molecule has 2 nitrogen and oxygen atoms in total. The average molecular weight is 471 g/mol. The van der Waals surface area contributed by atoms with E-state index >= 15 is 4.39 Å². The van der Waals surface area contributed by atoms with Crippen LogP contribution in [0.15, 0.2) is 18.2 Å². The molecule has 1 aromatic rings. The second kappa shape index (κ2) is 12.7. The van der Waals surface area contributed by atoms with Crippen LogP contribution in [0.4, 0.5) is 4.39 Å². The van der Waals surface area contributed by atoms with Gasteiger partial charge in [-0.1, -0.05) is 0 Å². The zero-order chi connectivity index (χ0) is 19.4. The Balaban J connectivity index is 3.07. The van der Waals surface area contributed by atoms with Crippen LogP contribution in [-0.4, -0.2) is 31.0 Å². The van der Waals surface area contributed by atoms with E-state index in [1.165, 1.54) is 58.8 Å². The summed E-state index contributed by atoms with van der Waals surface area (Å²) in [5.41, 5.74) is 0.925. The summed E-state index contributed by atoms with van der Waals surface area (Å²) >= 11 is -2.72. The number of hydrogen-bond donors (Lipinski definition) is 0. The Kier molecular flexibility index (Phi) is 11.5. The molecule has 0 aromatic heterocycles. The van der Waals surface area contributed by atoms with Gasteiger partial charge < -0.3 is 0 Å². The molecule has 0 aliphatic heterocycles. The van der Waals surface area contributed by atoms with E-state index in [1.54, 1.807) is 6.07 Å². The van der Waals surface area contributed by atoms with Gasteiger partial charge in [0.2, 0.25) is 0 Å². The molecule has 148 valence electrons. The third-order valence-electron chi connectivity index (χ3n) is 5.33. The van der Waals surface area contributed by atoms with Crippen molar-refractivity contribution in [1.82, 2.24) is 0 Å². The Bertz CT molecular complexity index is 523. The summed E-state index contributed by atoms with van der Waals surface area (Å²) < 4.78 is 25.1. The first-order chi connectivity index (χ1) is 12.5. The fourth-order valence-electron chi connectivity index (χ4n) is 3.78. The standard InChI is InChI=1S/C10H10FO2.3C4H9.Sn/c1-8(12)13-6-5-9-3-2-4-10(11)7-9;3*1-3-4-2;/h2-3,7H,5-6H2,1H3;3*1,3-4H2,2H3;. The molecule has 0 atom stereocenters. The van der Waals surface area contributed by atoms with E-state index in [4.69, 9.17) is 4.74 Å². The molecule has 0 N–H and O–H groups in total. The van der Waals surface area contributed by atoms with Gasteiger partial charge >= 0.3 is 164 Å². The van der Waals surface area contributed by atoms with Crippen molar-refractivity contribution in [2.45, 2.75) is 86.0 Å². The van der Waals surface area contributed by atoms with Crippen molar-refractivity contribution < 1.29 is 13.9 Å². The third-order valence-corrected chi connectivity index (χ3v) is 21.0. The topological polar surface area (TPSA) is 26.3 Å². The van der Waals surface area contributed by atoms with Crippen molar-refractivity contribution in [2.24, 2.45) is 0 Å². The van der Waals surface area contributed by atoms with Crippen LogP contribution in [0, 0.1) is 5.82 Å².